The Morgan fingerprint density at radius 3 is 2.48 bits per heavy atom. The molecule has 8 atom stereocenters. The predicted octanol–water partition coefficient (Wildman–Crippen LogP) is 8.43. The summed E-state index contributed by atoms with van der Waals surface area (Å²) >= 11 is 0. The molecule has 0 spiro atoms. The molecule has 0 aromatic heterocycles. The monoisotopic (exact) mass is 448 g/mol. The Morgan fingerprint density at radius 2 is 1.81 bits per heavy atom. The van der Waals surface area contributed by atoms with Gasteiger partial charge in [0, 0.05) is 0 Å². The van der Waals surface area contributed by atoms with Crippen molar-refractivity contribution in [2.45, 2.75) is 111 Å². The Hall–Kier alpha value is -0.270. The van der Waals surface area contributed by atoms with E-state index in [-0.39, 0.29) is 6.10 Å². The summed E-state index contributed by atoms with van der Waals surface area (Å²) in [5, 5.41) is 15.8. The molecular weight excluding hydrogens is 401 g/mol. The Kier molecular flexibility index (Phi) is 8.45. The van der Waals surface area contributed by atoms with Crippen LogP contribution in [0.3, 0.4) is 0 Å². The van der Waals surface area contributed by atoms with E-state index in [0.29, 0.717) is 10.8 Å². The van der Waals surface area contributed by atoms with Gasteiger partial charge in [-0.15, -0.1) is 0 Å². The van der Waals surface area contributed by atoms with Crippen LogP contribution in [0.2, 0.25) is 0 Å². The fourth-order valence-corrected chi connectivity index (χ4v) is 8.67. The molecule has 0 aromatic carbocycles. The number of aliphatic hydroxyl groups is 1. The van der Waals surface area contributed by atoms with E-state index in [1.54, 1.807) is 5.57 Å². The fraction of sp³-hybridized carbons (Fsp3) is 0.926. The summed E-state index contributed by atoms with van der Waals surface area (Å²) in [4.78, 5) is 0. The number of nitrogens with one attached hydrogen (secondary N) is 1. The second-order valence-corrected chi connectivity index (χ2v) is 12.5. The first-order valence-electron chi connectivity index (χ1n) is 13.0. The zero-order valence-electron chi connectivity index (χ0n) is 20.7. The maximum atomic E-state index is 10.2. The van der Waals surface area contributed by atoms with Gasteiger partial charge in [-0.2, -0.15) is 0 Å². The van der Waals surface area contributed by atoms with E-state index < -0.39 is 8.25 Å². The van der Waals surface area contributed by atoms with Gasteiger partial charge >= 0.3 is 18.0 Å². The Morgan fingerprint density at radius 1 is 1.10 bits per heavy atom. The van der Waals surface area contributed by atoms with Gasteiger partial charge in [0.05, 0.1) is 6.10 Å². The molecule has 31 heavy (non-hydrogen) atoms. The van der Waals surface area contributed by atoms with Crippen molar-refractivity contribution in [1.82, 2.24) is 0 Å². The second kappa shape index (κ2) is 10.3. The SMILES string of the molecule is CC(C)CCCC(C)[C@H]1CC[C@H]2[C@@H]3CC=C4C[C@@H](O)CC[C@]4(C)[C@H]3CC[C@]12C.N=[P+]=O. The van der Waals surface area contributed by atoms with Crippen LogP contribution in [-0.2, 0) is 4.57 Å². The summed E-state index contributed by atoms with van der Waals surface area (Å²) in [6, 6.07) is 0. The first-order valence-corrected chi connectivity index (χ1v) is 13.8. The molecule has 4 aliphatic carbocycles. The molecule has 1 unspecified atom stereocenters. The Bertz CT molecular complexity index is 685. The molecule has 3 saturated carbocycles. The third-order valence-electron chi connectivity index (χ3n) is 10.3. The van der Waals surface area contributed by atoms with E-state index in [0.717, 1.165) is 48.3 Å². The molecule has 0 amide bonds. The predicted molar refractivity (Wildman–Crippen MR) is 129 cm³/mol. The van der Waals surface area contributed by atoms with Gasteiger partial charge in [-0.3, -0.25) is 0 Å². The first-order chi connectivity index (χ1) is 14.7. The van der Waals surface area contributed by atoms with Crippen LogP contribution in [0, 0.1) is 51.5 Å². The summed E-state index contributed by atoms with van der Waals surface area (Å²) in [6.45, 7) is 12.6. The molecule has 0 aromatic rings. The molecular formula is C27H47NO2P+. The van der Waals surface area contributed by atoms with Crippen molar-refractivity contribution in [3.63, 3.8) is 0 Å². The van der Waals surface area contributed by atoms with Gasteiger partial charge < -0.3 is 5.11 Å². The van der Waals surface area contributed by atoms with E-state index in [4.69, 9.17) is 9.73 Å². The molecule has 0 heterocycles. The van der Waals surface area contributed by atoms with Crippen molar-refractivity contribution in [3.05, 3.63) is 11.6 Å². The number of fused-ring (bicyclic) bond motifs is 5. The van der Waals surface area contributed by atoms with Crippen molar-refractivity contribution in [2.24, 2.45) is 46.3 Å². The van der Waals surface area contributed by atoms with Gasteiger partial charge in [0.1, 0.15) is 0 Å². The van der Waals surface area contributed by atoms with E-state index >= 15 is 0 Å². The quantitative estimate of drug-likeness (QED) is 0.327. The minimum atomic E-state index is -0.583. The number of allylic oxidation sites excluding steroid dienone is 1. The van der Waals surface area contributed by atoms with Gasteiger partial charge in [0.25, 0.3) is 0 Å². The summed E-state index contributed by atoms with van der Waals surface area (Å²) < 4.78 is 8.57. The van der Waals surface area contributed by atoms with Gasteiger partial charge in [-0.1, -0.05) is 65.5 Å². The van der Waals surface area contributed by atoms with E-state index in [1.807, 2.05) is 0 Å². The molecule has 4 rings (SSSR count). The zero-order chi connectivity index (χ0) is 22.8. The summed E-state index contributed by atoms with van der Waals surface area (Å²) in [5.41, 5.74) is 2.60. The second-order valence-electron chi connectivity index (χ2n) is 12.3. The van der Waals surface area contributed by atoms with Crippen LogP contribution in [-0.4, -0.2) is 11.2 Å². The van der Waals surface area contributed by atoms with E-state index in [9.17, 15) is 5.11 Å². The molecule has 0 aliphatic heterocycles. The van der Waals surface area contributed by atoms with Crippen LogP contribution >= 0.6 is 8.25 Å². The van der Waals surface area contributed by atoms with Crippen molar-refractivity contribution in [3.8, 4) is 0 Å². The van der Waals surface area contributed by atoms with Crippen LogP contribution in [0.5, 0.6) is 0 Å². The molecule has 4 aliphatic rings. The van der Waals surface area contributed by atoms with Crippen molar-refractivity contribution >= 4 is 8.25 Å². The minimum absolute atomic E-state index is 0.0766. The van der Waals surface area contributed by atoms with Crippen molar-refractivity contribution in [2.75, 3.05) is 0 Å². The zero-order valence-corrected chi connectivity index (χ0v) is 21.6. The summed E-state index contributed by atoms with van der Waals surface area (Å²) in [5.74, 6) is 5.46. The molecule has 176 valence electrons. The molecule has 2 N–H and O–H groups in total. The topological polar surface area (TPSA) is 61.1 Å². The van der Waals surface area contributed by atoms with Crippen molar-refractivity contribution in [1.29, 1.82) is 5.16 Å². The average molecular weight is 449 g/mol. The van der Waals surface area contributed by atoms with E-state index in [1.165, 1.54) is 57.8 Å². The molecule has 0 radical (unpaired) electrons. The number of hydrogen-bond donors (Lipinski definition) is 2. The standard InChI is InChI=1S/C27H46O.HNOP/c1-18(2)7-6-8-19(3)23-11-12-24-22-10-9-20-17-21(28)13-15-26(20,4)25(22)14-16-27(23,24)5;1-3-2/h9,18-19,21-25,28H,6-8,10-17H2,1-5H3;1H/q;+1/t19?,21-,22-,23+,24-,25-,26-,27+;/m0./s1. The van der Waals surface area contributed by atoms with Crippen LogP contribution in [0.4, 0.5) is 0 Å². The summed E-state index contributed by atoms with van der Waals surface area (Å²) in [7, 11) is -0.583. The van der Waals surface area contributed by atoms with Gasteiger partial charge in [0.15, 0.2) is 0 Å². The number of rotatable bonds is 5. The molecule has 0 saturated heterocycles. The fourth-order valence-electron chi connectivity index (χ4n) is 8.67. The average Bonchev–Trinajstić information content (AvgIpc) is 3.06. The van der Waals surface area contributed by atoms with Gasteiger partial charge in [-0.25, -0.2) is 0 Å². The third kappa shape index (κ3) is 4.98. The van der Waals surface area contributed by atoms with Crippen LogP contribution in [0.15, 0.2) is 11.6 Å². The van der Waals surface area contributed by atoms with Crippen LogP contribution in [0.1, 0.15) is 105 Å². The first kappa shape index (κ1) is 25.4. The number of aliphatic hydroxyl groups excluding tert-OH is 1. The number of hydrogen-bond acceptors (Lipinski definition) is 3. The normalized spacial score (nSPS) is 42.4. The van der Waals surface area contributed by atoms with Crippen LogP contribution in [0.25, 0.3) is 0 Å². The van der Waals surface area contributed by atoms with Gasteiger partial charge in [-0.05, 0) is 97.7 Å². The van der Waals surface area contributed by atoms with Gasteiger partial charge in [0.2, 0.25) is 0 Å². The van der Waals surface area contributed by atoms with Crippen molar-refractivity contribution < 1.29 is 9.67 Å². The van der Waals surface area contributed by atoms with E-state index in [2.05, 4.69) is 40.7 Å². The maximum absolute atomic E-state index is 10.2. The van der Waals surface area contributed by atoms with Crippen LogP contribution < -0.4 is 0 Å². The molecule has 4 heteroatoms. The molecule has 3 fully saturated rings. The Labute approximate surface area is 192 Å². The molecule has 0 bridgehead atoms. The third-order valence-corrected chi connectivity index (χ3v) is 10.3. The molecule has 3 nitrogen and oxygen atoms in total. The Balaban J connectivity index is 0.000000858. The summed E-state index contributed by atoms with van der Waals surface area (Å²) in [6.07, 6.45) is 17.2.